The Kier molecular flexibility index (Phi) is 3.93. The number of hydrogen-bond donors (Lipinski definition) is 2. The number of amides is 1. The zero-order chi connectivity index (χ0) is 10.6. The smallest absolute Gasteiger partial charge is 0.240 e. The summed E-state index contributed by atoms with van der Waals surface area (Å²) in [5, 5.41) is 2.89. The monoisotopic (exact) mass is 198 g/mol. The number of carbonyl (C=O) groups is 1. The van der Waals surface area contributed by atoms with Crippen LogP contribution in [-0.4, -0.2) is 18.0 Å². The first-order valence-electron chi connectivity index (χ1n) is 5.62. The minimum atomic E-state index is -0.502. The van der Waals surface area contributed by atoms with E-state index in [-0.39, 0.29) is 5.91 Å². The number of nitrogens with one attached hydrogen (secondary N) is 1. The highest BCUT2D eigenvalue weighted by Crippen LogP contribution is 2.31. The molecule has 0 heterocycles. The Balaban J connectivity index is 1.96. The minimum absolute atomic E-state index is 0.0436. The van der Waals surface area contributed by atoms with Crippen molar-refractivity contribution in [3.8, 4) is 0 Å². The van der Waals surface area contributed by atoms with Gasteiger partial charge in [-0.15, -0.1) is 0 Å². The molecule has 1 amide bonds. The summed E-state index contributed by atoms with van der Waals surface area (Å²) in [5.41, 5.74) is 5.24. The predicted octanol–water partition coefficient (Wildman–Crippen LogP) is 1.42. The van der Waals surface area contributed by atoms with E-state index in [0.29, 0.717) is 0 Å². The van der Waals surface area contributed by atoms with Crippen LogP contribution in [0, 0.1) is 5.92 Å². The zero-order valence-corrected chi connectivity index (χ0v) is 9.31. The Morgan fingerprint density at radius 1 is 1.43 bits per heavy atom. The summed E-state index contributed by atoms with van der Waals surface area (Å²) in [6.07, 6.45) is 5.20. The van der Waals surface area contributed by atoms with Gasteiger partial charge in [0.15, 0.2) is 0 Å². The fraction of sp³-hybridized carbons (Fsp3) is 0.909. The van der Waals surface area contributed by atoms with Crippen LogP contribution in [0.3, 0.4) is 0 Å². The fourth-order valence-electron chi connectivity index (χ4n) is 1.42. The maximum Gasteiger partial charge on any atom is 0.240 e. The van der Waals surface area contributed by atoms with E-state index < -0.39 is 5.54 Å². The van der Waals surface area contributed by atoms with Gasteiger partial charge in [-0.1, -0.05) is 26.7 Å². The molecule has 1 aliphatic rings. The maximum atomic E-state index is 11.4. The number of nitrogens with two attached hydrogens (primary N) is 1. The standard InChI is InChI=1S/C11H22N2O/c1-9(2)5-3-4-8-13-10(14)11(12)6-7-11/h9H,3-8,12H2,1-2H3,(H,13,14). The van der Waals surface area contributed by atoms with Gasteiger partial charge in [0.1, 0.15) is 0 Å². The van der Waals surface area contributed by atoms with E-state index in [4.69, 9.17) is 5.73 Å². The Morgan fingerprint density at radius 2 is 2.07 bits per heavy atom. The van der Waals surface area contributed by atoms with E-state index in [1.165, 1.54) is 12.8 Å². The quantitative estimate of drug-likeness (QED) is 0.634. The first kappa shape index (κ1) is 11.5. The third kappa shape index (κ3) is 3.66. The molecule has 0 aromatic carbocycles. The Bertz CT molecular complexity index is 197. The molecule has 0 aromatic rings. The summed E-state index contributed by atoms with van der Waals surface area (Å²) in [7, 11) is 0. The number of carbonyl (C=O) groups excluding carboxylic acids is 1. The molecule has 1 saturated carbocycles. The second kappa shape index (κ2) is 4.78. The van der Waals surface area contributed by atoms with Crippen molar-refractivity contribution in [3.05, 3.63) is 0 Å². The fourth-order valence-corrected chi connectivity index (χ4v) is 1.42. The first-order valence-corrected chi connectivity index (χ1v) is 5.62. The van der Waals surface area contributed by atoms with Crippen LogP contribution in [0.2, 0.25) is 0 Å². The average molecular weight is 198 g/mol. The molecule has 0 aromatic heterocycles. The lowest BCUT2D eigenvalue weighted by atomic mass is 10.1. The van der Waals surface area contributed by atoms with Gasteiger partial charge in [0.05, 0.1) is 5.54 Å². The van der Waals surface area contributed by atoms with Gasteiger partial charge in [0.2, 0.25) is 5.91 Å². The average Bonchev–Trinajstić information content (AvgIpc) is 2.83. The lowest BCUT2D eigenvalue weighted by molar-refractivity contribution is -0.123. The highest BCUT2D eigenvalue weighted by atomic mass is 16.2. The lowest BCUT2D eigenvalue weighted by Gasteiger charge is -2.10. The molecule has 14 heavy (non-hydrogen) atoms. The summed E-state index contributed by atoms with van der Waals surface area (Å²) in [6.45, 7) is 5.22. The molecule has 3 nitrogen and oxygen atoms in total. The van der Waals surface area contributed by atoms with Crippen molar-refractivity contribution in [1.29, 1.82) is 0 Å². The van der Waals surface area contributed by atoms with E-state index in [2.05, 4.69) is 19.2 Å². The minimum Gasteiger partial charge on any atom is -0.355 e. The van der Waals surface area contributed by atoms with Crippen LogP contribution < -0.4 is 11.1 Å². The SMILES string of the molecule is CC(C)CCCCNC(=O)C1(N)CC1. The summed E-state index contributed by atoms with van der Waals surface area (Å²) < 4.78 is 0. The Labute approximate surface area is 86.4 Å². The van der Waals surface area contributed by atoms with Crippen LogP contribution in [-0.2, 0) is 4.79 Å². The van der Waals surface area contributed by atoms with Gasteiger partial charge in [0.25, 0.3) is 0 Å². The number of unbranched alkanes of at least 4 members (excludes halogenated alkanes) is 1. The summed E-state index contributed by atoms with van der Waals surface area (Å²) >= 11 is 0. The van der Waals surface area contributed by atoms with Crippen LogP contribution in [0.1, 0.15) is 46.0 Å². The van der Waals surface area contributed by atoms with Gasteiger partial charge in [-0.2, -0.15) is 0 Å². The van der Waals surface area contributed by atoms with Crippen molar-refractivity contribution in [1.82, 2.24) is 5.32 Å². The van der Waals surface area contributed by atoms with Gasteiger partial charge in [0, 0.05) is 6.54 Å². The van der Waals surface area contributed by atoms with Crippen molar-refractivity contribution < 1.29 is 4.79 Å². The topological polar surface area (TPSA) is 55.1 Å². The van der Waals surface area contributed by atoms with Crippen molar-refractivity contribution >= 4 is 5.91 Å². The van der Waals surface area contributed by atoms with Crippen LogP contribution in [0.4, 0.5) is 0 Å². The Hall–Kier alpha value is -0.570. The third-order valence-corrected chi connectivity index (χ3v) is 2.73. The molecule has 0 atom stereocenters. The van der Waals surface area contributed by atoms with Gasteiger partial charge in [-0.3, -0.25) is 4.79 Å². The molecule has 0 bridgehead atoms. The second-order valence-corrected chi connectivity index (χ2v) is 4.80. The molecule has 0 saturated heterocycles. The molecule has 82 valence electrons. The third-order valence-electron chi connectivity index (χ3n) is 2.73. The molecule has 0 radical (unpaired) electrons. The summed E-state index contributed by atoms with van der Waals surface area (Å²) in [4.78, 5) is 11.4. The highest BCUT2D eigenvalue weighted by Gasteiger charge is 2.45. The summed E-state index contributed by atoms with van der Waals surface area (Å²) in [5.74, 6) is 0.803. The van der Waals surface area contributed by atoms with Gasteiger partial charge in [-0.05, 0) is 25.2 Å². The number of rotatable bonds is 6. The van der Waals surface area contributed by atoms with Gasteiger partial charge in [-0.25, -0.2) is 0 Å². The molecule has 1 fully saturated rings. The molecule has 0 unspecified atom stereocenters. The van der Waals surface area contributed by atoms with E-state index in [0.717, 1.165) is 31.7 Å². The Morgan fingerprint density at radius 3 is 2.57 bits per heavy atom. The normalized spacial score (nSPS) is 18.3. The van der Waals surface area contributed by atoms with E-state index >= 15 is 0 Å². The van der Waals surface area contributed by atoms with Crippen LogP contribution in [0.25, 0.3) is 0 Å². The van der Waals surface area contributed by atoms with Gasteiger partial charge >= 0.3 is 0 Å². The molecular formula is C11H22N2O. The lowest BCUT2D eigenvalue weighted by Crippen LogP contribution is -2.42. The highest BCUT2D eigenvalue weighted by molar-refractivity contribution is 5.88. The van der Waals surface area contributed by atoms with Gasteiger partial charge < -0.3 is 11.1 Å². The van der Waals surface area contributed by atoms with Crippen molar-refractivity contribution in [2.24, 2.45) is 11.7 Å². The molecule has 1 rings (SSSR count). The van der Waals surface area contributed by atoms with Crippen molar-refractivity contribution in [2.45, 2.75) is 51.5 Å². The molecule has 3 N–H and O–H groups in total. The van der Waals surface area contributed by atoms with E-state index in [1.807, 2.05) is 0 Å². The predicted molar refractivity (Wildman–Crippen MR) is 57.9 cm³/mol. The molecule has 0 aliphatic heterocycles. The van der Waals surface area contributed by atoms with Crippen LogP contribution in [0.5, 0.6) is 0 Å². The van der Waals surface area contributed by atoms with Crippen molar-refractivity contribution in [3.63, 3.8) is 0 Å². The second-order valence-electron chi connectivity index (χ2n) is 4.80. The summed E-state index contributed by atoms with van der Waals surface area (Å²) in [6, 6.07) is 0. The molecule has 0 spiro atoms. The van der Waals surface area contributed by atoms with E-state index in [9.17, 15) is 4.79 Å². The number of hydrogen-bond acceptors (Lipinski definition) is 2. The zero-order valence-electron chi connectivity index (χ0n) is 9.31. The van der Waals surface area contributed by atoms with Crippen LogP contribution >= 0.6 is 0 Å². The van der Waals surface area contributed by atoms with Crippen molar-refractivity contribution in [2.75, 3.05) is 6.54 Å². The maximum absolute atomic E-state index is 11.4. The van der Waals surface area contributed by atoms with Crippen LogP contribution in [0.15, 0.2) is 0 Å². The molecule has 1 aliphatic carbocycles. The van der Waals surface area contributed by atoms with E-state index in [1.54, 1.807) is 0 Å². The molecular weight excluding hydrogens is 176 g/mol. The largest absolute Gasteiger partial charge is 0.355 e. The first-order chi connectivity index (χ1) is 6.54. The molecule has 3 heteroatoms.